The SMILES string of the molecule is COc1ccc(-c2nc(OC(N)=O)cc3c2[nH]c2ccccc23)cc1OC. The Labute approximate surface area is 154 Å². The first-order valence-corrected chi connectivity index (χ1v) is 8.22. The van der Waals surface area contributed by atoms with Gasteiger partial charge in [-0.1, -0.05) is 18.2 Å². The van der Waals surface area contributed by atoms with Gasteiger partial charge in [0.25, 0.3) is 0 Å². The highest BCUT2D eigenvalue weighted by atomic mass is 16.6. The number of nitrogens with zero attached hydrogens (tertiary/aromatic N) is 1. The molecule has 7 heteroatoms. The number of carbonyl (C=O) groups excluding carboxylic acids is 1. The Morgan fingerprint density at radius 1 is 1.00 bits per heavy atom. The Morgan fingerprint density at radius 2 is 1.78 bits per heavy atom. The molecule has 7 nitrogen and oxygen atoms in total. The van der Waals surface area contributed by atoms with E-state index in [1.807, 2.05) is 36.4 Å². The molecule has 27 heavy (non-hydrogen) atoms. The first-order valence-electron chi connectivity index (χ1n) is 8.22. The minimum atomic E-state index is -0.917. The maximum atomic E-state index is 11.3. The van der Waals surface area contributed by atoms with Crippen molar-refractivity contribution in [3.05, 3.63) is 48.5 Å². The van der Waals surface area contributed by atoms with Crippen molar-refractivity contribution in [3.8, 4) is 28.6 Å². The van der Waals surface area contributed by atoms with Crippen LogP contribution >= 0.6 is 0 Å². The number of para-hydroxylation sites is 1. The van der Waals surface area contributed by atoms with Gasteiger partial charge in [-0.3, -0.25) is 0 Å². The fourth-order valence-corrected chi connectivity index (χ4v) is 3.17. The van der Waals surface area contributed by atoms with E-state index < -0.39 is 6.09 Å². The standard InChI is InChI=1S/C20H17N3O4/c1-25-15-8-7-11(9-16(15)26-2)18-19-13(10-17(23-18)27-20(21)24)12-5-3-4-6-14(12)22-19/h3-10,22H,1-2H3,(H2,21,24). The monoisotopic (exact) mass is 363 g/mol. The van der Waals surface area contributed by atoms with Crippen molar-refractivity contribution in [1.29, 1.82) is 0 Å². The summed E-state index contributed by atoms with van der Waals surface area (Å²) in [5.74, 6) is 1.31. The molecule has 4 aromatic rings. The Balaban J connectivity index is 2.02. The van der Waals surface area contributed by atoms with Crippen molar-refractivity contribution in [1.82, 2.24) is 9.97 Å². The largest absolute Gasteiger partial charge is 0.493 e. The zero-order chi connectivity index (χ0) is 19.0. The van der Waals surface area contributed by atoms with Gasteiger partial charge in [0.1, 0.15) is 0 Å². The van der Waals surface area contributed by atoms with Crippen molar-refractivity contribution in [2.75, 3.05) is 14.2 Å². The number of rotatable bonds is 4. The lowest BCUT2D eigenvalue weighted by Crippen LogP contribution is -2.17. The van der Waals surface area contributed by atoms with E-state index in [9.17, 15) is 4.79 Å². The first kappa shape index (κ1) is 16.7. The van der Waals surface area contributed by atoms with Gasteiger partial charge in [0.2, 0.25) is 5.88 Å². The topological polar surface area (TPSA) is 99.5 Å². The first-order chi connectivity index (χ1) is 13.1. The quantitative estimate of drug-likeness (QED) is 0.573. The van der Waals surface area contributed by atoms with Crippen molar-refractivity contribution in [2.45, 2.75) is 0 Å². The van der Waals surface area contributed by atoms with E-state index in [2.05, 4.69) is 9.97 Å². The molecule has 0 aliphatic carbocycles. The van der Waals surface area contributed by atoms with Gasteiger partial charge in [-0.25, -0.2) is 9.78 Å². The van der Waals surface area contributed by atoms with E-state index in [1.54, 1.807) is 26.4 Å². The number of primary amides is 1. The van der Waals surface area contributed by atoms with Crippen molar-refractivity contribution in [3.63, 3.8) is 0 Å². The van der Waals surface area contributed by atoms with Gasteiger partial charge in [0.15, 0.2) is 11.5 Å². The molecule has 0 unspecified atom stereocenters. The predicted molar refractivity (Wildman–Crippen MR) is 102 cm³/mol. The number of aromatic nitrogens is 2. The molecule has 1 amide bonds. The lowest BCUT2D eigenvalue weighted by molar-refractivity contribution is 0.209. The normalized spacial score (nSPS) is 10.9. The van der Waals surface area contributed by atoms with Crippen LogP contribution in [0.15, 0.2) is 48.5 Å². The van der Waals surface area contributed by atoms with Crippen LogP contribution in [0.1, 0.15) is 0 Å². The highest BCUT2D eigenvalue weighted by Gasteiger charge is 2.16. The van der Waals surface area contributed by atoms with Crippen LogP contribution in [0.2, 0.25) is 0 Å². The van der Waals surface area contributed by atoms with Crippen LogP contribution in [0, 0.1) is 0 Å². The highest BCUT2D eigenvalue weighted by molar-refractivity contribution is 6.11. The maximum Gasteiger partial charge on any atom is 0.411 e. The zero-order valence-corrected chi connectivity index (χ0v) is 14.8. The molecule has 0 aliphatic heterocycles. The van der Waals surface area contributed by atoms with Crippen molar-refractivity contribution < 1.29 is 19.0 Å². The van der Waals surface area contributed by atoms with E-state index in [0.717, 1.165) is 27.4 Å². The minimum absolute atomic E-state index is 0.129. The van der Waals surface area contributed by atoms with Crippen LogP contribution in [0.25, 0.3) is 33.1 Å². The molecule has 2 heterocycles. The average Bonchev–Trinajstić information content (AvgIpc) is 3.05. The third-order valence-corrected chi connectivity index (χ3v) is 4.33. The second kappa shape index (κ2) is 6.53. The summed E-state index contributed by atoms with van der Waals surface area (Å²) in [6.45, 7) is 0. The third kappa shape index (κ3) is 2.89. The molecule has 136 valence electrons. The number of nitrogens with one attached hydrogen (secondary N) is 1. The van der Waals surface area contributed by atoms with E-state index in [0.29, 0.717) is 17.2 Å². The van der Waals surface area contributed by atoms with Gasteiger partial charge in [0, 0.05) is 27.9 Å². The lowest BCUT2D eigenvalue weighted by Gasteiger charge is -2.11. The number of hydrogen-bond donors (Lipinski definition) is 2. The molecule has 0 spiro atoms. The summed E-state index contributed by atoms with van der Waals surface area (Å²) in [5, 5.41) is 1.87. The van der Waals surface area contributed by atoms with E-state index in [1.165, 1.54) is 0 Å². The number of nitrogens with two attached hydrogens (primary N) is 1. The number of benzene rings is 2. The zero-order valence-electron chi connectivity index (χ0n) is 14.8. The molecule has 0 atom stereocenters. The summed E-state index contributed by atoms with van der Waals surface area (Å²) in [6.07, 6.45) is -0.917. The second-order valence-electron chi connectivity index (χ2n) is 5.89. The fraction of sp³-hybridized carbons (Fsp3) is 0.100. The van der Waals surface area contributed by atoms with E-state index in [-0.39, 0.29) is 5.88 Å². The minimum Gasteiger partial charge on any atom is -0.493 e. The molecule has 0 aliphatic rings. The number of aromatic amines is 1. The molecule has 2 aromatic heterocycles. The predicted octanol–water partition coefficient (Wildman–Crippen LogP) is 3.86. The molecule has 0 radical (unpaired) electrons. The molecular formula is C20H17N3O4. The van der Waals surface area contributed by atoms with Crippen LogP contribution < -0.4 is 19.9 Å². The molecular weight excluding hydrogens is 346 g/mol. The highest BCUT2D eigenvalue weighted by Crippen LogP contribution is 2.37. The van der Waals surface area contributed by atoms with Gasteiger partial charge in [-0.05, 0) is 24.3 Å². The van der Waals surface area contributed by atoms with Crippen LogP contribution in [0.5, 0.6) is 17.4 Å². The van der Waals surface area contributed by atoms with Gasteiger partial charge < -0.3 is 24.9 Å². The second-order valence-corrected chi connectivity index (χ2v) is 5.89. The molecule has 3 N–H and O–H groups in total. The Bertz CT molecular complexity index is 1170. The summed E-state index contributed by atoms with van der Waals surface area (Å²) in [7, 11) is 3.15. The number of hydrogen-bond acceptors (Lipinski definition) is 5. The smallest absolute Gasteiger partial charge is 0.411 e. The number of amides is 1. The van der Waals surface area contributed by atoms with Crippen LogP contribution in [-0.2, 0) is 0 Å². The van der Waals surface area contributed by atoms with Gasteiger partial charge >= 0.3 is 6.09 Å². The van der Waals surface area contributed by atoms with Crippen molar-refractivity contribution in [2.24, 2.45) is 5.73 Å². The Morgan fingerprint density at radius 3 is 2.52 bits per heavy atom. The number of methoxy groups -OCH3 is 2. The Hall–Kier alpha value is -3.74. The summed E-state index contributed by atoms with van der Waals surface area (Å²) in [6, 6.07) is 15.0. The number of pyridine rings is 1. The fourth-order valence-electron chi connectivity index (χ4n) is 3.17. The lowest BCUT2D eigenvalue weighted by atomic mass is 10.1. The van der Waals surface area contributed by atoms with Gasteiger partial charge in [-0.15, -0.1) is 0 Å². The summed E-state index contributed by atoms with van der Waals surface area (Å²) >= 11 is 0. The van der Waals surface area contributed by atoms with Gasteiger partial charge in [0.05, 0.1) is 25.4 Å². The Kier molecular flexibility index (Phi) is 4.04. The molecule has 2 aromatic carbocycles. The van der Waals surface area contributed by atoms with E-state index >= 15 is 0 Å². The molecule has 0 saturated heterocycles. The summed E-state index contributed by atoms with van der Waals surface area (Å²) in [4.78, 5) is 19.1. The number of ether oxygens (including phenoxy) is 3. The maximum absolute atomic E-state index is 11.3. The molecule has 0 saturated carbocycles. The van der Waals surface area contributed by atoms with Crippen LogP contribution in [0.3, 0.4) is 0 Å². The third-order valence-electron chi connectivity index (χ3n) is 4.33. The molecule has 0 bridgehead atoms. The number of fused-ring (bicyclic) bond motifs is 3. The molecule has 0 fully saturated rings. The van der Waals surface area contributed by atoms with Gasteiger partial charge in [-0.2, -0.15) is 0 Å². The average molecular weight is 363 g/mol. The summed E-state index contributed by atoms with van der Waals surface area (Å²) < 4.78 is 15.8. The number of carbonyl (C=O) groups is 1. The van der Waals surface area contributed by atoms with Crippen molar-refractivity contribution >= 4 is 27.9 Å². The number of H-pyrrole nitrogens is 1. The summed E-state index contributed by atoms with van der Waals surface area (Å²) in [5.41, 5.74) is 8.34. The van der Waals surface area contributed by atoms with E-state index in [4.69, 9.17) is 19.9 Å². The van der Waals surface area contributed by atoms with Crippen LogP contribution in [0.4, 0.5) is 4.79 Å². The van der Waals surface area contributed by atoms with Crippen LogP contribution in [-0.4, -0.2) is 30.3 Å². The molecule has 4 rings (SSSR count).